The lowest BCUT2D eigenvalue weighted by atomic mass is 10.0. The number of rotatable bonds is 2. The Morgan fingerprint density at radius 1 is 0.889 bits per heavy atom. The van der Waals surface area contributed by atoms with E-state index in [1.165, 1.54) is 11.9 Å². The van der Waals surface area contributed by atoms with Crippen LogP contribution in [-0.4, -0.2) is 17.1 Å². The Morgan fingerprint density at radius 3 is 2.50 bits per heavy atom. The molecular formula is C15H12N2O. The molecule has 3 rings (SSSR count). The van der Waals surface area contributed by atoms with Crippen LogP contribution in [0.15, 0.2) is 54.9 Å². The first-order valence-electron chi connectivity index (χ1n) is 5.72. The topological polar surface area (TPSA) is 35.0 Å². The average molecular weight is 236 g/mol. The summed E-state index contributed by atoms with van der Waals surface area (Å²) in [6.45, 7) is 0. The Labute approximate surface area is 105 Å². The van der Waals surface area contributed by atoms with Crippen molar-refractivity contribution in [3.8, 4) is 17.0 Å². The van der Waals surface area contributed by atoms with Crippen LogP contribution >= 0.6 is 0 Å². The fourth-order valence-corrected chi connectivity index (χ4v) is 2.01. The molecule has 0 saturated heterocycles. The predicted molar refractivity (Wildman–Crippen MR) is 71.5 cm³/mol. The zero-order chi connectivity index (χ0) is 12.4. The molecule has 0 amide bonds. The zero-order valence-corrected chi connectivity index (χ0v) is 10.00. The summed E-state index contributed by atoms with van der Waals surface area (Å²) in [5.74, 6) is 0.609. The van der Waals surface area contributed by atoms with E-state index in [0.29, 0.717) is 5.88 Å². The minimum atomic E-state index is 0.609. The molecule has 0 unspecified atom stereocenters. The maximum absolute atomic E-state index is 5.27. The van der Waals surface area contributed by atoms with Gasteiger partial charge >= 0.3 is 0 Å². The molecule has 0 aliphatic heterocycles. The smallest absolute Gasteiger partial charge is 0.224 e. The van der Waals surface area contributed by atoms with Crippen LogP contribution in [0.25, 0.3) is 22.0 Å². The molecule has 0 aliphatic rings. The van der Waals surface area contributed by atoms with Crippen LogP contribution in [0.4, 0.5) is 0 Å². The maximum atomic E-state index is 5.27. The zero-order valence-electron chi connectivity index (χ0n) is 10.00. The summed E-state index contributed by atoms with van der Waals surface area (Å²) in [6, 6.07) is 16.3. The fraction of sp³-hybridized carbons (Fsp3) is 0.0667. The molecule has 0 aliphatic carbocycles. The van der Waals surface area contributed by atoms with Crippen LogP contribution < -0.4 is 4.74 Å². The van der Waals surface area contributed by atoms with E-state index in [0.717, 1.165) is 16.5 Å². The average Bonchev–Trinajstić information content (AvgIpc) is 2.47. The van der Waals surface area contributed by atoms with Crippen LogP contribution in [0.2, 0.25) is 0 Å². The summed E-state index contributed by atoms with van der Waals surface area (Å²) in [5, 5.41) is 0.932. The normalized spacial score (nSPS) is 10.5. The van der Waals surface area contributed by atoms with Crippen molar-refractivity contribution in [3.63, 3.8) is 0 Å². The first-order valence-corrected chi connectivity index (χ1v) is 5.72. The van der Waals surface area contributed by atoms with Crippen LogP contribution in [0.5, 0.6) is 5.88 Å². The van der Waals surface area contributed by atoms with Crippen molar-refractivity contribution in [3.05, 3.63) is 54.9 Å². The van der Waals surface area contributed by atoms with Crippen LogP contribution in [0, 0.1) is 0 Å². The number of hydrogen-bond donors (Lipinski definition) is 0. The van der Waals surface area contributed by atoms with E-state index in [1.807, 2.05) is 24.3 Å². The molecule has 2 aromatic carbocycles. The number of fused-ring (bicyclic) bond motifs is 1. The second-order valence-corrected chi connectivity index (χ2v) is 3.98. The van der Waals surface area contributed by atoms with E-state index >= 15 is 0 Å². The molecular weight excluding hydrogens is 224 g/mol. The van der Waals surface area contributed by atoms with Crippen LogP contribution in [0.3, 0.4) is 0 Å². The summed E-state index contributed by atoms with van der Waals surface area (Å²) >= 11 is 0. The Balaban J connectivity index is 2.22. The molecule has 0 atom stereocenters. The van der Waals surface area contributed by atoms with Crippen molar-refractivity contribution >= 4 is 10.9 Å². The van der Waals surface area contributed by atoms with Crippen molar-refractivity contribution in [2.24, 2.45) is 0 Å². The van der Waals surface area contributed by atoms with Crippen molar-refractivity contribution in [1.29, 1.82) is 0 Å². The Morgan fingerprint density at radius 2 is 1.72 bits per heavy atom. The molecule has 3 aromatic rings. The first-order chi connectivity index (χ1) is 8.88. The van der Waals surface area contributed by atoms with Crippen molar-refractivity contribution in [2.75, 3.05) is 7.11 Å². The summed E-state index contributed by atoms with van der Waals surface area (Å²) in [5.41, 5.74) is 3.20. The largest absolute Gasteiger partial charge is 0.480 e. The van der Waals surface area contributed by atoms with Gasteiger partial charge in [-0.1, -0.05) is 36.4 Å². The van der Waals surface area contributed by atoms with E-state index in [4.69, 9.17) is 4.74 Å². The van der Waals surface area contributed by atoms with E-state index in [-0.39, 0.29) is 0 Å². The molecule has 1 aromatic heterocycles. The number of nitrogens with zero attached hydrogens (tertiary/aromatic N) is 2. The highest BCUT2D eigenvalue weighted by atomic mass is 16.5. The second-order valence-electron chi connectivity index (χ2n) is 3.98. The third-order valence-electron chi connectivity index (χ3n) is 2.90. The Hall–Kier alpha value is -2.42. The monoisotopic (exact) mass is 236 g/mol. The van der Waals surface area contributed by atoms with Gasteiger partial charge < -0.3 is 4.74 Å². The highest BCUT2D eigenvalue weighted by Gasteiger charge is 2.05. The number of benzene rings is 2. The van der Waals surface area contributed by atoms with Gasteiger partial charge in [0, 0.05) is 0 Å². The van der Waals surface area contributed by atoms with E-state index in [1.54, 1.807) is 7.11 Å². The maximum Gasteiger partial charge on any atom is 0.224 e. The Kier molecular flexibility index (Phi) is 2.65. The quantitative estimate of drug-likeness (QED) is 0.684. The lowest BCUT2D eigenvalue weighted by Crippen LogP contribution is -1.91. The molecule has 3 nitrogen and oxygen atoms in total. The Bertz CT molecular complexity index is 680. The van der Waals surface area contributed by atoms with Crippen molar-refractivity contribution in [2.45, 2.75) is 0 Å². The standard InChI is InChI=1S/C15H12N2O/c1-18-15-13-9-12(11-5-3-2-4-6-11)7-8-14(13)16-10-17-15/h2-10H,1H3. The van der Waals surface area contributed by atoms with Crippen molar-refractivity contribution < 1.29 is 4.74 Å². The van der Waals surface area contributed by atoms with Crippen LogP contribution in [-0.2, 0) is 0 Å². The lowest BCUT2D eigenvalue weighted by Gasteiger charge is -2.06. The van der Waals surface area contributed by atoms with Gasteiger partial charge in [-0.3, -0.25) is 0 Å². The number of aromatic nitrogens is 2. The first kappa shape index (κ1) is 10.7. The van der Waals surface area contributed by atoms with E-state index in [2.05, 4.69) is 34.2 Å². The minimum Gasteiger partial charge on any atom is -0.480 e. The third-order valence-corrected chi connectivity index (χ3v) is 2.90. The van der Waals surface area contributed by atoms with Crippen LogP contribution in [0.1, 0.15) is 0 Å². The summed E-state index contributed by atoms with van der Waals surface area (Å²) in [7, 11) is 1.62. The summed E-state index contributed by atoms with van der Waals surface area (Å²) in [6.07, 6.45) is 1.52. The van der Waals surface area contributed by atoms with Gasteiger partial charge in [0.2, 0.25) is 5.88 Å². The van der Waals surface area contributed by atoms with Gasteiger partial charge in [-0.15, -0.1) is 0 Å². The highest BCUT2D eigenvalue weighted by molar-refractivity contribution is 5.88. The molecule has 88 valence electrons. The molecule has 18 heavy (non-hydrogen) atoms. The van der Waals surface area contributed by atoms with Gasteiger partial charge in [0.15, 0.2) is 0 Å². The molecule has 0 bridgehead atoms. The minimum absolute atomic E-state index is 0.609. The van der Waals surface area contributed by atoms with Gasteiger partial charge in [0.25, 0.3) is 0 Å². The molecule has 1 heterocycles. The van der Waals surface area contributed by atoms with Gasteiger partial charge in [-0.25, -0.2) is 9.97 Å². The molecule has 0 fully saturated rings. The van der Waals surface area contributed by atoms with Crippen molar-refractivity contribution in [1.82, 2.24) is 9.97 Å². The number of ether oxygens (including phenoxy) is 1. The molecule has 3 heteroatoms. The summed E-state index contributed by atoms with van der Waals surface area (Å²) in [4.78, 5) is 8.36. The van der Waals surface area contributed by atoms with E-state index < -0.39 is 0 Å². The highest BCUT2D eigenvalue weighted by Crippen LogP contribution is 2.27. The molecule has 0 radical (unpaired) electrons. The van der Waals surface area contributed by atoms with Gasteiger partial charge in [-0.05, 0) is 23.3 Å². The number of hydrogen-bond acceptors (Lipinski definition) is 3. The molecule has 0 spiro atoms. The van der Waals surface area contributed by atoms with Gasteiger partial charge in [0.1, 0.15) is 6.33 Å². The SMILES string of the molecule is COc1ncnc2ccc(-c3ccccc3)cc12. The molecule has 0 N–H and O–H groups in total. The van der Waals surface area contributed by atoms with E-state index in [9.17, 15) is 0 Å². The number of methoxy groups -OCH3 is 1. The fourth-order valence-electron chi connectivity index (χ4n) is 2.01. The van der Waals surface area contributed by atoms with Gasteiger partial charge in [-0.2, -0.15) is 0 Å². The second kappa shape index (κ2) is 4.45. The van der Waals surface area contributed by atoms with Gasteiger partial charge in [0.05, 0.1) is 18.0 Å². The summed E-state index contributed by atoms with van der Waals surface area (Å²) < 4.78 is 5.27. The molecule has 0 saturated carbocycles. The third kappa shape index (κ3) is 1.80. The lowest BCUT2D eigenvalue weighted by molar-refractivity contribution is 0.402. The predicted octanol–water partition coefficient (Wildman–Crippen LogP) is 3.31.